The van der Waals surface area contributed by atoms with Crippen molar-refractivity contribution in [3.63, 3.8) is 0 Å². The minimum Gasteiger partial charge on any atom is -0.454 e. The normalized spacial score (nSPS) is 22.1. The van der Waals surface area contributed by atoms with E-state index in [9.17, 15) is 15.0 Å². The molecule has 2 N–H and O–H groups in total. The molecule has 1 saturated heterocycles. The van der Waals surface area contributed by atoms with Gasteiger partial charge in [0.25, 0.3) is 5.91 Å². The summed E-state index contributed by atoms with van der Waals surface area (Å²) in [6.07, 6.45) is 5.04. The first-order chi connectivity index (χ1) is 11.1. The number of furan rings is 1. The lowest BCUT2D eigenvalue weighted by Crippen LogP contribution is -2.36. The van der Waals surface area contributed by atoms with Crippen molar-refractivity contribution >= 4 is 5.91 Å². The zero-order valence-corrected chi connectivity index (χ0v) is 12.9. The zero-order chi connectivity index (χ0) is 16.3. The standard InChI is InChI=1S/C16H21N3O4/c20-12-16(22)5-1-8-18(10-6-16)15(21)14-4-3-13(23-14)11-19-9-2-7-17-19/h2-4,7,9,20,22H,1,5-6,8,10-12H2/t16-/m0/s1. The molecule has 0 spiro atoms. The average molecular weight is 319 g/mol. The van der Waals surface area contributed by atoms with Gasteiger partial charge in [-0.3, -0.25) is 9.48 Å². The van der Waals surface area contributed by atoms with Crippen molar-refractivity contribution in [2.45, 2.75) is 31.4 Å². The van der Waals surface area contributed by atoms with E-state index >= 15 is 0 Å². The van der Waals surface area contributed by atoms with Gasteiger partial charge in [0.05, 0.1) is 18.8 Å². The summed E-state index contributed by atoms with van der Waals surface area (Å²) >= 11 is 0. The van der Waals surface area contributed by atoms with Crippen molar-refractivity contribution < 1.29 is 19.4 Å². The molecule has 124 valence electrons. The van der Waals surface area contributed by atoms with Gasteiger partial charge < -0.3 is 19.5 Å². The first-order valence-electron chi connectivity index (χ1n) is 7.78. The van der Waals surface area contributed by atoms with E-state index in [0.29, 0.717) is 50.4 Å². The van der Waals surface area contributed by atoms with Gasteiger partial charge in [-0.2, -0.15) is 5.10 Å². The van der Waals surface area contributed by atoms with Crippen LogP contribution in [-0.2, 0) is 6.54 Å². The molecule has 0 saturated carbocycles. The summed E-state index contributed by atoms with van der Waals surface area (Å²) in [5.74, 6) is 0.777. The van der Waals surface area contributed by atoms with Crippen LogP contribution in [0.3, 0.4) is 0 Å². The van der Waals surface area contributed by atoms with Crippen molar-refractivity contribution in [3.8, 4) is 0 Å². The molecule has 2 aromatic rings. The Morgan fingerprint density at radius 3 is 2.96 bits per heavy atom. The molecule has 0 unspecified atom stereocenters. The van der Waals surface area contributed by atoms with E-state index in [-0.39, 0.29) is 12.5 Å². The van der Waals surface area contributed by atoms with Gasteiger partial charge >= 0.3 is 0 Å². The number of aliphatic hydroxyl groups excluding tert-OH is 1. The molecule has 0 aliphatic carbocycles. The number of amides is 1. The van der Waals surface area contributed by atoms with Crippen LogP contribution in [-0.4, -0.2) is 56.1 Å². The molecule has 1 aliphatic heterocycles. The van der Waals surface area contributed by atoms with E-state index in [1.54, 1.807) is 27.9 Å². The fourth-order valence-electron chi connectivity index (χ4n) is 2.83. The van der Waals surface area contributed by atoms with Gasteiger partial charge in [0.2, 0.25) is 0 Å². The van der Waals surface area contributed by atoms with Gasteiger partial charge in [0.15, 0.2) is 5.76 Å². The third-order valence-corrected chi connectivity index (χ3v) is 4.25. The molecule has 1 atom stereocenters. The molecule has 0 aromatic carbocycles. The topological polar surface area (TPSA) is 91.7 Å². The molecule has 0 radical (unpaired) electrons. The largest absolute Gasteiger partial charge is 0.454 e. The molecule has 1 fully saturated rings. The average Bonchev–Trinajstić information content (AvgIpc) is 3.18. The number of hydrogen-bond acceptors (Lipinski definition) is 5. The number of rotatable bonds is 4. The van der Waals surface area contributed by atoms with Crippen LogP contribution in [0.5, 0.6) is 0 Å². The lowest BCUT2D eigenvalue weighted by molar-refractivity contribution is -0.0251. The smallest absolute Gasteiger partial charge is 0.289 e. The predicted molar refractivity (Wildman–Crippen MR) is 81.8 cm³/mol. The van der Waals surface area contributed by atoms with Gasteiger partial charge in [0, 0.05) is 25.5 Å². The van der Waals surface area contributed by atoms with Gasteiger partial charge in [-0.1, -0.05) is 0 Å². The third kappa shape index (κ3) is 3.62. The van der Waals surface area contributed by atoms with Crippen LogP contribution in [0.1, 0.15) is 35.6 Å². The highest BCUT2D eigenvalue weighted by Crippen LogP contribution is 2.23. The van der Waals surface area contributed by atoms with E-state index in [0.717, 1.165) is 0 Å². The Labute approximate surface area is 134 Å². The lowest BCUT2D eigenvalue weighted by Gasteiger charge is -2.24. The molecule has 23 heavy (non-hydrogen) atoms. The second-order valence-corrected chi connectivity index (χ2v) is 6.00. The number of carbonyl (C=O) groups is 1. The second-order valence-electron chi connectivity index (χ2n) is 6.00. The maximum absolute atomic E-state index is 12.5. The highest BCUT2D eigenvalue weighted by atomic mass is 16.4. The lowest BCUT2D eigenvalue weighted by atomic mass is 9.96. The summed E-state index contributed by atoms with van der Waals surface area (Å²) < 4.78 is 7.35. The summed E-state index contributed by atoms with van der Waals surface area (Å²) in [4.78, 5) is 14.2. The molecular weight excluding hydrogens is 298 g/mol. The van der Waals surface area contributed by atoms with Crippen LogP contribution in [0.25, 0.3) is 0 Å². The third-order valence-electron chi connectivity index (χ3n) is 4.25. The van der Waals surface area contributed by atoms with Crippen molar-refractivity contribution in [2.24, 2.45) is 0 Å². The Hall–Kier alpha value is -2.12. The molecular formula is C16H21N3O4. The van der Waals surface area contributed by atoms with E-state index in [1.807, 2.05) is 12.3 Å². The van der Waals surface area contributed by atoms with E-state index < -0.39 is 5.60 Å². The number of carbonyl (C=O) groups excluding carboxylic acids is 1. The van der Waals surface area contributed by atoms with Gasteiger partial charge in [-0.15, -0.1) is 0 Å². The number of aromatic nitrogens is 2. The number of hydrogen-bond donors (Lipinski definition) is 2. The number of aliphatic hydroxyl groups is 2. The summed E-state index contributed by atoms with van der Waals surface area (Å²) in [5.41, 5.74) is -1.08. The van der Waals surface area contributed by atoms with E-state index in [1.165, 1.54) is 0 Å². The van der Waals surface area contributed by atoms with Crippen LogP contribution in [0.2, 0.25) is 0 Å². The highest BCUT2D eigenvalue weighted by Gasteiger charge is 2.31. The minimum atomic E-state index is -1.08. The minimum absolute atomic E-state index is 0.182. The maximum Gasteiger partial charge on any atom is 0.289 e. The molecule has 2 aromatic heterocycles. The fourth-order valence-corrected chi connectivity index (χ4v) is 2.83. The zero-order valence-electron chi connectivity index (χ0n) is 12.9. The van der Waals surface area contributed by atoms with Gasteiger partial charge in [-0.05, 0) is 37.5 Å². The molecule has 7 nitrogen and oxygen atoms in total. The summed E-state index contributed by atoms with van der Waals surface area (Å²) in [6.45, 7) is 1.16. The molecule has 1 aliphatic rings. The van der Waals surface area contributed by atoms with Gasteiger partial charge in [-0.25, -0.2) is 0 Å². The van der Waals surface area contributed by atoms with Gasteiger partial charge in [0.1, 0.15) is 5.76 Å². The molecule has 3 heterocycles. The van der Waals surface area contributed by atoms with Crippen molar-refractivity contribution in [1.82, 2.24) is 14.7 Å². The summed E-state index contributed by atoms with van der Waals surface area (Å²) in [7, 11) is 0. The fraction of sp³-hybridized carbons (Fsp3) is 0.500. The first kappa shape index (κ1) is 15.8. The van der Waals surface area contributed by atoms with Crippen molar-refractivity contribution in [2.75, 3.05) is 19.7 Å². The van der Waals surface area contributed by atoms with Crippen LogP contribution in [0.4, 0.5) is 0 Å². The number of likely N-dealkylation sites (tertiary alicyclic amines) is 1. The Balaban J connectivity index is 1.65. The van der Waals surface area contributed by atoms with Crippen molar-refractivity contribution in [3.05, 3.63) is 42.1 Å². The van der Waals surface area contributed by atoms with E-state index in [2.05, 4.69) is 5.10 Å². The SMILES string of the molecule is O=C(c1ccc(Cn2cccn2)o1)N1CCC[C@@](O)(CO)CC1. The molecule has 3 rings (SSSR count). The summed E-state index contributed by atoms with van der Waals surface area (Å²) in [6, 6.07) is 5.27. The quantitative estimate of drug-likeness (QED) is 0.872. The van der Waals surface area contributed by atoms with Crippen LogP contribution < -0.4 is 0 Å². The first-order valence-corrected chi connectivity index (χ1v) is 7.78. The Bertz CT molecular complexity index is 652. The maximum atomic E-state index is 12.5. The molecule has 1 amide bonds. The highest BCUT2D eigenvalue weighted by molar-refractivity contribution is 5.91. The molecule has 7 heteroatoms. The molecule has 0 bridgehead atoms. The summed E-state index contributed by atoms with van der Waals surface area (Å²) in [5, 5.41) is 23.5. The Morgan fingerprint density at radius 2 is 2.22 bits per heavy atom. The van der Waals surface area contributed by atoms with Crippen LogP contribution in [0.15, 0.2) is 35.0 Å². The monoisotopic (exact) mass is 319 g/mol. The Morgan fingerprint density at radius 1 is 1.35 bits per heavy atom. The number of nitrogens with zero attached hydrogens (tertiary/aromatic N) is 3. The van der Waals surface area contributed by atoms with Crippen molar-refractivity contribution in [1.29, 1.82) is 0 Å². The van der Waals surface area contributed by atoms with E-state index in [4.69, 9.17) is 4.42 Å². The second kappa shape index (κ2) is 6.55. The van der Waals surface area contributed by atoms with Crippen LogP contribution >= 0.6 is 0 Å². The van der Waals surface area contributed by atoms with Crippen LogP contribution in [0, 0.1) is 0 Å². The Kier molecular flexibility index (Phi) is 4.49. The predicted octanol–water partition coefficient (Wildman–Crippen LogP) is 0.874.